The fourth-order valence-electron chi connectivity index (χ4n) is 3.16. The Hall–Kier alpha value is -3.15. The van der Waals surface area contributed by atoms with Crippen LogP contribution in [-0.4, -0.2) is 38.6 Å². The molecule has 35 heavy (non-hydrogen) atoms. The second kappa shape index (κ2) is 10.6. The third-order valence-corrected chi connectivity index (χ3v) is 6.70. The maximum Gasteiger partial charge on any atom is 0.267 e. The Bertz CT molecular complexity index is 1400. The van der Waals surface area contributed by atoms with Crippen LogP contribution in [-0.2, 0) is 6.61 Å². The van der Waals surface area contributed by atoms with E-state index in [1.165, 1.54) is 44.0 Å². The topological polar surface area (TPSA) is 118 Å². The third kappa shape index (κ3) is 5.26. The van der Waals surface area contributed by atoms with Crippen molar-refractivity contribution in [3.63, 3.8) is 0 Å². The zero-order valence-corrected chi connectivity index (χ0v) is 21.0. The van der Waals surface area contributed by atoms with Crippen LogP contribution in [0.15, 0.2) is 48.4 Å². The molecule has 13 heteroatoms. The molecule has 0 aliphatic heterocycles. The van der Waals surface area contributed by atoms with Gasteiger partial charge in [-0.3, -0.25) is 14.2 Å². The smallest absolute Gasteiger partial charge is 0.267 e. The molecule has 3 N–H and O–H groups in total. The average molecular weight is 553 g/mol. The molecule has 180 valence electrons. The Morgan fingerprint density at radius 3 is 2.60 bits per heavy atom. The average Bonchev–Trinajstić information content (AvgIpc) is 3.47. The maximum atomic E-state index is 13.2. The van der Waals surface area contributed by atoms with Crippen LogP contribution in [0.5, 0.6) is 5.75 Å². The molecule has 0 aliphatic rings. The summed E-state index contributed by atoms with van der Waals surface area (Å²) in [6.45, 7) is -0.253. The second-order valence-electron chi connectivity index (χ2n) is 6.98. The van der Waals surface area contributed by atoms with Crippen molar-refractivity contribution in [1.29, 1.82) is 0 Å². The fourth-order valence-corrected chi connectivity index (χ4v) is 4.74. The van der Waals surface area contributed by atoms with Gasteiger partial charge in [-0.1, -0.05) is 34.8 Å². The number of aliphatic hydroxyl groups is 1. The molecule has 0 aliphatic carbocycles. The quantitative estimate of drug-likeness (QED) is 0.287. The van der Waals surface area contributed by atoms with E-state index in [0.717, 1.165) is 11.3 Å². The molecule has 0 bridgehead atoms. The fraction of sp³-hybridized carbons (Fsp3) is 0.0909. The molecule has 0 atom stereocenters. The molecule has 0 unspecified atom stereocenters. The maximum absolute atomic E-state index is 13.2. The summed E-state index contributed by atoms with van der Waals surface area (Å²) in [5, 5.41) is 17.3. The predicted octanol–water partition coefficient (Wildman–Crippen LogP) is 5.29. The Morgan fingerprint density at radius 2 is 1.91 bits per heavy atom. The van der Waals surface area contributed by atoms with Crippen LogP contribution in [0.2, 0.25) is 15.1 Å². The monoisotopic (exact) mass is 551 g/mol. The van der Waals surface area contributed by atoms with Gasteiger partial charge in [0.25, 0.3) is 11.8 Å². The van der Waals surface area contributed by atoms with E-state index in [1.807, 2.05) is 0 Å². The SMILES string of the molecule is COc1cc(Cl)cc(C(=O)Nc2ccc(Cl)cn2)c1NC(=O)c1scc(-n2cncc2CO)c1Cl. The summed E-state index contributed by atoms with van der Waals surface area (Å²) in [7, 11) is 1.38. The van der Waals surface area contributed by atoms with Gasteiger partial charge < -0.3 is 20.5 Å². The zero-order valence-electron chi connectivity index (χ0n) is 17.9. The van der Waals surface area contributed by atoms with Gasteiger partial charge in [-0.05, 0) is 18.2 Å². The molecular weight excluding hydrogens is 537 g/mol. The number of nitrogens with zero attached hydrogens (tertiary/aromatic N) is 3. The summed E-state index contributed by atoms with van der Waals surface area (Å²) in [5.41, 5.74) is 1.13. The van der Waals surface area contributed by atoms with E-state index in [-0.39, 0.29) is 44.3 Å². The first-order valence-corrected chi connectivity index (χ1v) is 11.8. The van der Waals surface area contributed by atoms with Gasteiger partial charge in [-0.25, -0.2) is 9.97 Å². The number of ether oxygens (including phenoxy) is 1. The summed E-state index contributed by atoms with van der Waals surface area (Å²) < 4.78 is 6.94. The number of hydrogen-bond acceptors (Lipinski definition) is 7. The highest BCUT2D eigenvalue weighted by Crippen LogP contribution is 2.36. The number of hydrogen-bond donors (Lipinski definition) is 3. The van der Waals surface area contributed by atoms with Crippen molar-refractivity contribution < 1.29 is 19.4 Å². The lowest BCUT2D eigenvalue weighted by atomic mass is 10.1. The van der Waals surface area contributed by atoms with Crippen LogP contribution in [0.3, 0.4) is 0 Å². The standard InChI is InChI=1S/C22H16Cl3N5O4S/c1-34-16-5-12(24)4-14(21(32)28-17-3-2-11(23)6-27-17)19(16)29-22(33)20-18(25)15(9-35-20)30-10-26-7-13(30)8-31/h2-7,9-10,31H,8H2,1H3,(H,29,33)(H,27,28,32). The molecule has 0 spiro atoms. The van der Waals surface area contributed by atoms with Crippen LogP contribution in [0.4, 0.5) is 11.5 Å². The van der Waals surface area contributed by atoms with Gasteiger partial charge >= 0.3 is 0 Å². The lowest BCUT2D eigenvalue weighted by Crippen LogP contribution is -2.19. The van der Waals surface area contributed by atoms with Crippen molar-refractivity contribution in [2.75, 3.05) is 17.7 Å². The zero-order chi connectivity index (χ0) is 25.1. The van der Waals surface area contributed by atoms with Gasteiger partial charge in [0.05, 0.1) is 58.9 Å². The van der Waals surface area contributed by atoms with Crippen LogP contribution < -0.4 is 15.4 Å². The van der Waals surface area contributed by atoms with Crippen molar-refractivity contribution in [1.82, 2.24) is 14.5 Å². The van der Waals surface area contributed by atoms with Crippen molar-refractivity contribution >= 4 is 69.5 Å². The van der Waals surface area contributed by atoms with E-state index in [9.17, 15) is 14.7 Å². The molecule has 3 aromatic heterocycles. The van der Waals surface area contributed by atoms with Crippen LogP contribution in [0.25, 0.3) is 5.69 Å². The molecule has 4 aromatic rings. The van der Waals surface area contributed by atoms with Gasteiger partial charge in [0.1, 0.15) is 16.4 Å². The lowest BCUT2D eigenvalue weighted by molar-refractivity contribution is 0.102. The highest BCUT2D eigenvalue weighted by atomic mass is 35.5. The van der Waals surface area contributed by atoms with E-state index >= 15 is 0 Å². The lowest BCUT2D eigenvalue weighted by Gasteiger charge is -2.15. The molecule has 0 fully saturated rings. The highest BCUT2D eigenvalue weighted by molar-refractivity contribution is 7.13. The molecule has 3 heterocycles. The first-order valence-electron chi connectivity index (χ1n) is 9.83. The number of amides is 2. The van der Waals surface area contributed by atoms with Crippen molar-refractivity contribution in [2.45, 2.75) is 6.61 Å². The number of aromatic nitrogens is 3. The number of nitrogens with one attached hydrogen (secondary N) is 2. The van der Waals surface area contributed by atoms with E-state index in [1.54, 1.807) is 16.0 Å². The first-order chi connectivity index (χ1) is 16.8. The van der Waals surface area contributed by atoms with E-state index < -0.39 is 11.8 Å². The van der Waals surface area contributed by atoms with Gasteiger partial charge in [0, 0.05) is 22.7 Å². The number of anilines is 2. The van der Waals surface area contributed by atoms with Gasteiger partial charge in [-0.2, -0.15) is 0 Å². The largest absolute Gasteiger partial charge is 0.494 e. The normalized spacial score (nSPS) is 10.8. The summed E-state index contributed by atoms with van der Waals surface area (Å²) in [5.74, 6) is -0.733. The molecule has 2 amide bonds. The van der Waals surface area contributed by atoms with E-state index in [4.69, 9.17) is 39.5 Å². The molecule has 4 rings (SSSR count). The van der Waals surface area contributed by atoms with E-state index in [2.05, 4.69) is 20.6 Å². The number of benzene rings is 1. The predicted molar refractivity (Wildman–Crippen MR) is 136 cm³/mol. The van der Waals surface area contributed by atoms with Gasteiger partial charge in [0.15, 0.2) is 0 Å². The minimum atomic E-state index is -0.583. The molecule has 1 aromatic carbocycles. The number of aliphatic hydroxyl groups excluding tert-OH is 1. The Labute approximate surface area is 218 Å². The van der Waals surface area contributed by atoms with Crippen LogP contribution >= 0.6 is 46.1 Å². The number of carbonyl (C=O) groups excluding carboxylic acids is 2. The van der Waals surface area contributed by atoms with Crippen LogP contribution in [0.1, 0.15) is 25.7 Å². The summed E-state index contributed by atoms with van der Waals surface area (Å²) in [4.78, 5) is 34.5. The molecule has 0 saturated heterocycles. The van der Waals surface area contributed by atoms with Crippen molar-refractivity contribution in [3.8, 4) is 11.4 Å². The van der Waals surface area contributed by atoms with Crippen molar-refractivity contribution in [2.24, 2.45) is 0 Å². The van der Waals surface area contributed by atoms with Crippen molar-refractivity contribution in [3.05, 3.63) is 79.6 Å². The van der Waals surface area contributed by atoms with Crippen LogP contribution in [0, 0.1) is 0 Å². The summed E-state index contributed by atoms with van der Waals surface area (Å²) in [6.07, 6.45) is 4.36. The van der Waals surface area contributed by atoms with E-state index in [0.29, 0.717) is 16.4 Å². The molecule has 0 saturated carbocycles. The minimum absolute atomic E-state index is 0.0459. The first kappa shape index (κ1) is 25.0. The molecule has 9 nitrogen and oxygen atoms in total. The molecular formula is C22H16Cl3N5O4S. The summed E-state index contributed by atoms with van der Waals surface area (Å²) >= 11 is 19.6. The van der Waals surface area contributed by atoms with Gasteiger partial charge in [-0.15, -0.1) is 11.3 Å². The number of carbonyl (C=O) groups is 2. The van der Waals surface area contributed by atoms with Gasteiger partial charge in [0.2, 0.25) is 0 Å². The number of rotatable bonds is 7. The molecule has 0 radical (unpaired) electrons. The Kier molecular flexibility index (Phi) is 7.58. The Morgan fingerprint density at radius 1 is 1.11 bits per heavy atom. The number of pyridine rings is 1. The highest BCUT2D eigenvalue weighted by Gasteiger charge is 2.24. The third-order valence-electron chi connectivity index (χ3n) is 4.79. The Balaban J connectivity index is 1.67. The minimum Gasteiger partial charge on any atom is -0.494 e. The number of imidazole rings is 1. The number of methoxy groups -OCH3 is 1. The number of halogens is 3. The second-order valence-corrected chi connectivity index (χ2v) is 9.11. The number of thiophene rings is 1. The summed E-state index contributed by atoms with van der Waals surface area (Å²) in [6, 6.07) is 5.97.